The zero-order valence-electron chi connectivity index (χ0n) is 12.0. The van der Waals surface area contributed by atoms with Crippen LogP contribution < -0.4 is 5.32 Å². The number of hydrogen-bond acceptors (Lipinski definition) is 1. The summed E-state index contributed by atoms with van der Waals surface area (Å²) in [6.45, 7) is 8.75. The van der Waals surface area contributed by atoms with Crippen molar-refractivity contribution in [2.45, 2.75) is 26.3 Å². The number of anilines is 1. The second-order valence-electron chi connectivity index (χ2n) is 5.14. The Bertz CT molecular complexity index is 602. The van der Waals surface area contributed by atoms with E-state index >= 15 is 0 Å². The Kier molecular flexibility index (Phi) is 4.57. The van der Waals surface area contributed by atoms with E-state index in [2.05, 4.69) is 37.9 Å². The van der Waals surface area contributed by atoms with Crippen LogP contribution in [0.1, 0.15) is 36.5 Å². The van der Waals surface area contributed by atoms with E-state index in [0.29, 0.717) is 12.5 Å². The van der Waals surface area contributed by atoms with Crippen LogP contribution in [0.4, 0.5) is 10.1 Å². The van der Waals surface area contributed by atoms with Crippen molar-refractivity contribution in [2.75, 3.05) is 5.32 Å². The van der Waals surface area contributed by atoms with Gasteiger partial charge >= 0.3 is 0 Å². The summed E-state index contributed by atoms with van der Waals surface area (Å²) >= 11 is 0. The molecule has 1 nitrogen and oxygen atoms in total. The summed E-state index contributed by atoms with van der Waals surface area (Å²) in [5.41, 5.74) is 4.29. The highest BCUT2D eigenvalue weighted by Crippen LogP contribution is 2.24. The predicted molar refractivity (Wildman–Crippen MR) is 84.3 cm³/mol. The van der Waals surface area contributed by atoms with E-state index in [9.17, 15) is 4.39 Å². The molecule has 0 aliphatic heterocycles. The van der Waals surface area contributed by atoms with Gasteiger partial charge in [-0.15, -0.1) is 0 Å². The first-order chi connectivity index (χ1) is 9.61. The highest BCUT2D eigenvalue weighted by atomic mass is 19.1. The van der Waals surface area contributed by atoms with Gasteiger partial charge in [0.2, 0.25) is 0 Å². The van der Waals surface area contributed by atoms with Gasteiger partial charge in [-0.1, -0.05) is 50.8 Å². The van der Waals surface area contributed by atoms with Crippen LogP contribution >= 0.6 is 0 Å². The second-order valence-corrected chi connectivity index (χ2v) is 5.14. The minimum Gasteiger partial charge on any atom is -0.381 e. The van der Waals surface area contributed by atoms with Gasteiger partial charge in [-0.3, -0.25) is 0 Å². The molecule has 2 heteroatoms. The summed E-state index contributed by atoms with van der Waals surface area (Å²) in [4.78, 5) is 0. The van der Waals surface area contributed by atoms with Crippen LogP contribution in [-0.4, -0.2) is 0 Å². The Morgan fingerprint density at radius 1 is 1.20 bits per heavy atom. The number of benzene rings is 2. The Balaban J connectivity index is 2.19. The molecular formula is C18H20FN. The lowest BCUT2D eigenvalue weighted by atomic mass is 10.0. The van der Waals surface area contributed by atoms with Crippen molar-refractivity contribution in [1.29, 1.82) is 0 Å². The molecule has 1 N–H and O–H groups in total. The molecule has 0 radical (unpaired) electrons. The fraction of sp³-hybridized carbons (Fsp3) is 0.222. The Morgan fingerprint density at radius 3 is 2.65 bits per heavy atom. The molecule has 2 aromatic rings. The van der Waals surface area contributed by atoms with Crippen LogP contribution in [0.25, 0.3) is 6.08 Å². The highest BCUT2D eigenvalue weighted by molar-refractivity contribution is 5.56. The lowest BCUT2D eigenvalue weighted by Gasteiger charge is -2.15. The zero-order valence-corrected chi connectivity index (χ0v) is 12.0. The van der Waals surface area contributed by atoms with Crippen LogP contribution in [0.5, 0.6) is 0 Å². The van der Waals surface area contributed by atoms with E-state index in [1.807, 2.05) is 12.1 Å². The van der Waals surface area contributed by atoms with Gasteiger partial charge in [0.15, 0.2) is 0 Å². The number of para-hydroxylation sites is 1. The quantitative estimate of drug-likeness (QED) is 0.786. The summed E-state index contributed by atoms with van der Waals surface area (Å²) in [7, 11) is 0. The Labute approximate surface area is 120 Å². The van der Waals surface area contributed by atoms with Crippen LogP contribution in [0.3, 0.4) is 0 Å². The lowest BCUT2D eigenvalue weighted by molar-refractivity contribution is 0.626. The van der Waals surface area contributed by atoms with Gasteiger partial charge in [0.25, 0.3) is 0 Å². The van der Waals surface area contributed by atoms with Crippen molar-refractivity contribution in [3.63, 3.8) is 0 Å². The normalized spacial score (nSPS) is 10.6. The molecule has 0 bridgehead atoms. The smallest absolute Gasteiger partial charge is 0.123 e. The average molecular weight is 269 g/mol. The van der Waals surface area contributed by atoms with Crippen molar-refractivity contribution in [1.82, 2.24) is 0 Å². The number of rotatable bonds is 5. The van der Waals surface area contributed by atoms with Gasteiger partial charge < -0.3 is 5.32 Å². The molecule has 0 unspecified atom stereocenters. The van der Waals surface area contributed by atoms with Gasteiger partial charge in [0.1, 0.15) is 5.82 Å². The van der Waals surface area contributed by atoms with E-state index in [1.165, 1.54) is 17.7 Å². The molecular weight excluding hydrogens is 249 g/mol. The summed E-state index contributed by atoms with van der Waals surface area (Å²) < 4.78 is 13.2. The third-order valence-electron chi connectivity index (χ3n) is 3.38. The standard InChI is InChI=1S/C18H20FN/c1-4-14-11-16(19)10-9-15(14)12-20-18-8-6-5-7-17(18)13(2)3/h4-11,13,20H,1,12H2,2-3H3. The van der Waals surface area contributed by atoms with Crippen molar-refractivity contribution in [2.24, 2.45) is 0 Å². The van der Waals surface area contributed by atoms with E-state index in [0.717, 1.165) is 16.8 Å². The summed E-state index contributed by atoms with van der Waals surface area (Å²) in [5.74, 6) is 0.233. The first kappa shape index (κ1) is 14.3. The third-order valence-corrected chi connectivity index (χ3v) is 3.38. The van der Waals surface area contributed by atoms with Crippen LogP contribution in [-0.2, 0) is 6.54 Å². The van der Waals surface area contributed by atoms with Crippen LogP contribution in [0, 0.1) is 5.82 Å². The number of hydrogen-bond donors (Lipinski definition) is 1. The summed E-state index contributed by atoms with van der Waals surface area (Å²) in [6.07, 6.45) is 1.69. The van der Waals surface area contributed by atoms with E-state index in [1.54, 1.807) is 12.1 Å². The van der Waals surface area contributed by atoms with E-state index < -0.39 is 0 Å². The fourth-order valence-corrected chi connectivity index (χ4v) is 2.27. The molecule has 0 aliphatic rings. The van der Waals surface area contributed by atoms with Crippen LogP contribution in [0.15, 0.2) is 49.0 Å². The molecule has 0 aliphatic carbocycles. The Hall–Kier alpha value is -2.09. The van der Waals surface area contributed by atoms with Gasteiger partial charge in [-0.05, 0) is 40.8 Å². The molecule has 0 saturated heterocycles. The highest BCUT2D eigenvalue weighted by Gasteiger charge is 2.06. The number of nitrogens with one attached hydrogen (secondary N) is 1. The minimum atomic E-state index is -0.230. The van der Waals surface area contributed by atoms with Crippen molar-refractivity contribution in [3.8, 4) is 0 Å². The SMILES string of the molecule is C=Cc1cc(F)ccc1CNc1ccccc1C(C)C. The van der Waals surface area contributed by atoms with Crippen molar-refractivity contribution < 1.29 is 4.39 Å². The molecule has 0 spiro atoms. The van der Waals surface area contributed by atoms with E-state index in [-0.39, 0.29) is 5.82 Å². The second kappa shape index (κ2) is 6.38. The molecule has 0 saturated carbocycles. The molecule has 0 amide bonds. The van der Waals surface area contributed by atoms with Gasteiger partial charge in [-0.2, -0.15) is 0 Å². The summed E-state index contributed by atoms with van der Waals surface area (Å²) in [5, 5.41) is 3.43. The van der Waals surface area contributed by atoms with Crippen molar-refractivity contribution in [3.05, 3.63) is 71.6 Å². The lowest BCUT2D eigenvalue weighted by Crippen LogP contribution is -2.04. The van der Waals surface area contributed by atoms with E-state index in [4.69, 9.17) is 0 Å². The first-order valence-electron chi connectivity index (χ1n) is 6.85. The molecule has 0 fully saturated rings. The van der Waals surface area contributed by atoms with Gasteiger partial charge in [-0.25, -0.2) is 4.39 Å². The minimum absolute atomic E-state index is 0.230. The molecule has 0 aromatic heterocycles. The third kappa shape index (κ3) is 3.27. The Morgan fingerprint density at radius 2 is 1.95 bits per heavy atom. The van der Waals surface area contributed by atoms with Crippen LogP contribution in [0.2, 0.25) is 0 Å². The molecule has 0 heterocycles. The summed E-state index contributed by atoms with van der Waals surface area (Å²) in [6, 6.07) is 13.1. The maximum atomic E-state index is 13.2. The topological polar surface area (TPSA) is 12.0 Å². The van der Waals surface area contributed by atoms with Gasteiger partial charge in [0.05, 0.1) is 0 Å². The maximum Gasteiger partial charge on any atom is 0.123 e. The largest absolute Gasteiger partial charge is 0.381 e. The maximum absolute atomic E-state index is 13.2. The fourth-order valence-electron chi connectivity index (χ4n) is 2.27. The van der Waals surface area contributed by atoms with Crippen molar-refractivity contribution >= 4 is 11.8 Å². The van der Waals surface area contributed by atoms with Gasteiger partial charge in [0, 0.05) is 12.2 Å². The molecule has 2 rings (SSSR count). The first-order valence-corrected chi connectivity index (χ1v) is 6.85. The average Bonchev–Trinajstić information content (AvgIpc) is 2.46. The predicted octanol–water partition coefficient (Wildman–Crippen LogP) is 5.20. The monoisotopic (exact) mass is 269 g/mol. The zero-order chi connectivity index (χ0) is 14.5. The molecule has 0 atom stereocenters. The number of halogens is 1. The molecule has 2 aromatic carbocycles. The molecule has 104 valence electrons. The molecule has 20 heavy (non-hydrogen) atoms.